The van der Waals surface area contributed by atoms with Crippen LogP contribution in [0.25, 0.3) is 0 Å². The summed E-state index contributed by atoms with van der Waals surface area (Å²) in [7, 11) is 0. The lowest BCUT2D eigenvalue weighted by molar-refractivity contribution is -0.144. The molecule has 116 valence electrons. The van der Waals surface area contributed by atoms with Gasteiger partial charge in [0.15, 0.2) is 0 Å². The number of benzene rings is 1. The van der Waals surface area contributed by atoms with Gasteiger partial charge in [-0.25, -0.2) is 4.98 Å². The molecule has 22 heavy (non-hydrogen) atoms. The summed E-state index contributed by atoms with van der Waals surface area (Å²) in [4.78, 5) is 28.7. The van der Waals surface area contributed by atoms with E-state index < -0.39 is 5.97 Å². The molecule has 0 fully saturated rings. The summed E-state index contributed by atoms with van der Waals surface area (Å²) >= 11 is 1.50. The summed E-state index contributed by atoms with van der Waals surface area (Å²) in [5.41, 5.74) is 1.09. The molecular weight excluding hydrogens is 300 g/mol. The minimum atomic E-state index is -0.990. The van der Waals surface area contributed by atoms with Crippen LogP contribution < -0.4 is 0 Å². The number of carboxylic acids is 1. The normalized spacial score (nSPS) is 10.4. The zero-order chi connectivity index (χ0) is 15.8. The highest BCUT2D eigenvalue weighted by molar-refractivity contribution is 7.09. The second-order valence-electron chi connectivity index (χ2n) is 4.87. The minimum absolute atomic E-state index is 0.145. The van der Waals surface area contributed by atoms with E-state index in [2.05, 4.69) is 4.98 Å². The minimum Gasteiger partial charge on any atom is -0.480 e. The number of hydrogen-bond acceptors (Lipinski definition) is 4. The third kappa shape index (κ3) is 5.29. The van der Waals surface area contributed by atoms with E-state index in [1.54, 1.807) is 6.20 Å². The molecule has 0 spiro atoms. The van der Waals surface area contributed by atoms with E-state index in [9.17, 15) is 9.59 Å². The van der Waals surface area contributed by atoms with E-state index >= 15 is 0 Å². The van der Waals surface area contributed by atoms with Crippen molar-refractivity contribution < 1.29 is 14.7 Å². The van der Waals surface area contributed by atoms with Gasteiger partial charge in [-0.2, -0.15) is 0 Å². The van der Waals surface area contributed by atoms with Crippen molar-refractivity contribution >= 4 is 23.2 Å². The number of nitrogens with zero attached hydrogens (tertiary/aromatic N) is 2. The van der Waals surface area contributed by atoms with E-state index in [0.717, 1.165) is 10.6 Å². The van der Waals surface area contributed by atoms with Crippen LogP contribution >= 0.6 is 11.3 Å². The second-order valence-corrected chi connectivity index (χ2v) is 5.85. The van der Waals surface area contributed by atoms with E-state index in [4.69, 9.17) is 5.11 Å². The van der Waals surface area contributed by atoms with Crippen molar-refractivity contribution in [3.05, 3.63) is 52.5 Å². The Morgan fingerprint density at radius 3 is 2.59 bits per heavy atom. The van der Waals surface area contributed by atoms with Crippen molar-refractivity contribution in [3.63, 3.8) is 0 Å². The van der Waals surface area contributed by atoms with Crippen molar-refractivity contribution in [2.45, 2.75) is 19.3 Å². The Bertz CT molecular complexity index is 599. The maximum Gasteiger partial charge on any atom is 0.323 e. The van der Waals surface area contributed by atoms with Gasteiger partial charge < -0.3 is 10.0 Å². The number of amides is 1. The molecule has 0 aliphatic rings. The highest BCUT2D eigenvalue weighted by atomic mass is 32.1. The number of carbonyl (C=O) groups is 2. The molecule has 2 rings (SSSR count). The van der Waals surface area contributed by atoms with Gasteiger partial charge >= 0.3 is 5.97 Å². The number of hydrogen-bond donors (Lipinski definition) is 1. The molecule has 0 saturated heterocycles. The van der Waals surface area contributed by atoms with Crippen molar-refractivity contribution in [3.8, 4) is 0 Å². The number of aromatic nitrogens is 1. The molecule has 0 bridgehead atoms. The van der Waals surface area contributed by atoms with Crippen LogP contribution in [0.1, 0.15) is 17.0 Å². The molecule has 1 amide bonds. The summed E-state index contributed by atoms with van der Waals surface area (Å²) in [6, 6.07) is 9.73. The summed E-state index contributed by atoms with van der Waals surface area (Å²) in [5, 5.41) is 11.7. The summed E-state index contributed by atoms with van der Waals surface area (Å²) < 4.78 is 0. The van der Waals surface area contributed by atoms with E-state index in [1.165, 1.54) is 16.2 Å². The zero-order valence-corrected chi connectivity index (χ0v) is 13.0. The van der Waals surface area contributed by atoms with E-state index in [1.807, 2.05) is 35.7 Å². The number of carboxylic acid groups (broad SMARTS) is 1. The predicted molar refractivity (Wildman–Crippen MR) is 84.8 cm³/mol. The van der Waals surface area contributed by atoms with Gasteiger partial charge in [0.05, 0.1) is 5.01 Å². The fraction of sp³-hybridized carbons (Fsp3) is 0.312. The fourth-order valence-electron chi connectivity index (χ4n) is 2.11. The highest BCUT2D eigenvalue weighted by Crippen LogP contribution is 2.09. The van der Waals surface area contributed by atoms with Crippen LogP contribution in [0.2, 0.25) is 0 Å². The monoisotopic (exact) mass is 318 g/mol. The quantitative estimate of drug-likeness (QED) is 0.810. The SMILES string of the molecule is O=C(O)CN(CCc1ccccc1)C(=O)CCc1nccs1. The molecule has 0 aliphatic carbocycles. The zero-order valence-electron chi connectivity index (χ0n) is 12.1. The number of rotatable bonds is 8. The molecule has 0 atom stereocenters. The lowest BCUT2D eigenvalue weighted by atomic mass is 10.1. The van der Waals surface area contributed by atoms with Crippen molar-refractivity contribution in [2.24, 2.45) is 0 Å². The second kappa shape index (κ2) is 8.29. The number of aliphatic carboxylic acids is 1. The Kier molecular flexibility index (Phi) is 6.09. The van der Waals surface area contributed by atoms with Crippen LogP contribution in [0.15, 0.2) is 41.9 Å². The Labute approximate surface area is 133 Å². The van der Waals surface area contributed by atoms with Gasteiger partial charge in [-0.3, -0.25) is 9.59 Å². The smallest absolute Gasteiger partial charge is 0.323 e. The van der Waals surface area contributed by atoms with Crippen LogP contribution in [0.4, 0.5) is 0 Å². The first-order chi connectivity index (χ1) is 10.6. The summed E-state index contributed by atoms with van der Waals surface area (Å²) in [6.45, 7) is 0.149. The highest BCUT2D eigenvalue weighted by Gasteiger charge is 2.16. The molecule has 1 aromatic carbocycles. The predicted octanol–water partition coefficient (Wildman–Crippen LogP) is 2.23. The first-order valence-electron chi connectivity index (χ1n) is 7.07. The van der Waals surface area contributed by atoms with Crippen LogP contribution in [0.3, 0.4) is 0 Å². The molecule has 2 aromatic rings. The van der Waals surface area contributed by atoms with Crippen molar-refractivity contribution in [1.82, 2.24) is 9.88 Å². The molecule has 1 heterocycles. The Hall–Kier alpha value is -2.21. The molecule has 0 radical (unpaired) electrons. The number of aryl methyl sites for hydroxylation is 1. The maximum absolute atomic E-state index is 12.2. The Balaban J connectivity index is 1.89. The number of thiazole rings is 1. The lowest BCUT2D eigenvalue weighted by Gasteiger charge is -2.20. The van der Waals surface area contributed by atoms with Gasteiger partial charge in [0.1, 0.15) is 6.54 Å². The van der Waals surface area contributed by atoms with Crippen LogP contribution in [-0.2, 0) is 22.4 Å². The molecular formula is C16H18N2O3S. The molecule has 5 nitrogen and oxygen atoms in total. The average molecular weight is 318 g/mol. The third-order valence-electron chi connectivity index (χ3n) is 3.23. The molecule has 6 heteroatoms. The maximum atomic E-state index is 12.2. The fourth-order valence-corrected chi connectivity index (χ4v) is 2.73. The first kappa shape index (κ1) is 16.2. The van der Waals surface area contributed by atoms with E-state index in [0.29, 0.717) is 19.4 Å². The van der Waals surface area contributed by atoms with Gasteiger partial charge in [-0.15, -0.1) is 11.3 Å². The van der Waals surface area contributed by atoms with Crippen molar-refractivity contribution in [2.75, 3.05) is 13.1 Å². The molecule has 1 N–H and O–H groups in total. The molecule has 0 unspecified atom stereocenters. The summed E-state index contributed by atoms with van der Waals surface area (Å²) in [6.07, 6.45) is 3.19. The van der Waals surface area contributed by atoms with Crippen LogP contribution in [-0.4, -0.2) is 40.0 Å². The van der Waals surface area contributed by atoms with E-state index in [-0.39, 0.29) is 18.9 Å². The molecule has 0 saturated carbocycles. The van der Waals surface area contributed by atoms with Crippen LogP contribution in [0, 0.1) is 0 Å². The van der Waals surface area contributed by atoms with Gasteiger partial charge in [0.2, 0.25) is 5.91 Å². The van der Waals surface area contributed by atoms with Crippen molar-refractivity contribution in [1.29, 1.82) is 0 Å². The Morgan fingerprint density at radius 2 is 1.95 bits per heavy atom. The largest absolute Gasteiger partial charge is 0.480 e. The first-order valence-corrected chi connectivity index (χ1v) is 7.95. The molecule has 0 aliphatic heterocycles. The van der Waals surface area contributed by atoms with Gasteiger partial charge in [0.25, 0.3) is 0 Å². The van der Waals surface area contributed by atoms with Gasteiger partial charge in [-0.1, -0.05) is 30.3 Å². The third-order valence-corrected chi connectivity index (χ3v) is 4.07. The van der Waals surface area contributed by atoms with Gasteiger partial charge in [0, 0.05) is 31.0 Å². The number of carbonyl (C=O) groups excluding carboxylic acids is 1. The van der Waals surface area contributed by atoms with Crippen LogP contribution in [0.5, 0.6) is 0 Å². The summed E-state index contributed by atoms with van der Waals surface area (Å²) in [5.74, 6) is -1.14. The average Bonchev–Trinajstić information content (AvgIpc) is 3.03. The topological polar surface area (TPSA) is 70.5 Å². The lowest BCUT2D eigenvalue weighted by Crippen LogP contribution is -2.37. The standard InChI is InChI=1S/C16H18N2O3S/c19-15(7-6-14-17-9-11-22-14)18(12-16(20)21)10-8-13-4-2-1-3-5-13/h1-5,9,11H,6-8,10,12H2,(H,20,21). The Morgan fingerprint density at radius 1 is 1.18 bits per heavy atom. The van der Waals surface area contributed by atoms with Gasteiger partial charge in [-0.05, 0) is 12.0 Å². The molecule has 1 aromatic heterocycles.